The molecule has 0 saturated carbocycles. The van der Waals surface area contributed by atoms with Crippen LogP contribution in [0.15, 0.2) is 30.5 Å². The standard InChI is InChI=1S/C12H12ClNO4/c1-2-18-6-5-11(15)14-8-3-4-10(13)9(7-8)12(16)17/h3-7H,2H2,1H3,(H,14,15)(H,16,17)/b6-5+. The number of halogens is 1. The van der Waals surface area contributed by atoms with Crippen molar-refractivity contribution in [3.63, 3.8) is 0 Å². The fourth-order valence-electron chi connectivity index (χ4n) is 1.16. The molecule has 0 unspecified atom stereocenters. The van der Waals surface area contributed by atoms with Crippen LogP contribution in [0, 0.1) is 0 Å². The Morgan fingerprint density at radius 1 is 1.50 bits per heavy atom. The van der Waals surface area contributed by atoms with Crippen LogP contribution in [-0.2, 0) is 9.53 Å². The van der Waals surface area contributed by atoms with Crippen molar-refractivity contribution in [3.05, 3.63) is 41.1 Å². The topological polar surface area (TPSA) is 75.6 Å². The molecule has 1 amide bonds. The first kappa shape index (κ1) is 14.1. The van der Waals surface area contributed by atoms with E-state index in [0.717, 1.165) is 0 Å². The summed E-state index contributed by atoms with van der Waals surface area (Å²) in [4.78, 5) is 22.2. The summed E-state index contributed by atoms with van der Waals surface area (Å²) in [6.07, 6.45) is 2.47. The van der Waals surface area contributed by atoms with Crippen LogP contribution in [0.2, 0.25) is 5.02 Å². The van der Waals surface area contributed by atoms with E-state index in [9.17, 15) is 9.59 Å². The molecule has 0 aromatic heterocycles. The molecule has 0 bridgehead atoms. The van der Waals surface area contributed by atoms with E-state index in [0.29, 0.717) is 12.3 Å². The molecule has 0 atom stereocenters. The number of anilines is 1. The Morgan fingerprint density at radius 3 is 2.83 bits per heavy atom. The number of aromatic carboxylic acids is 1. The Hall–Kier alpha value is -2.01. The molecule has 6 heteroatoms. The smallest absolute Gasteiger partial charge is 0.337 e. The minimum atomic E-state index is -1.15. The molecule has 1 rings (SSSR count). The van der Waals surface area contributed by atoms with Crippen LogP contribution in [-0.4, -0.2) is 23.6 Å². The molecular formula is C12H12ClNO4. The van der Waals surface area contributed by atoms with Gasteiger partial charge >= 0.3 is 5.97 Å². The Morgan fingerprint density at radius 2 is 2.22 bits per heavy atom. The van der Waals surface area contributed by atoms with E-state index < -0.39 is 11.9 Å². The lowest BCUT2D eigenvalue weighted by atomic mass is 10.2. The van der Waals surface area contributed by atoms with Gasteiger partial charge in [-0.1, -0.05) is 11.6 Å². The van der Waals surface area contributed by atoms with Crippen LogP contribution in [0.1, 0.15) is 17.3 Å². The molecule has 0 fully saturated rings. The van der Waals surface area contributed by atoms with Crippen LogP contribution >= 0.6 is 11.6 Å². The van der Waals surface area contributed by atoms with Gasteiger partial charge in [0.2, 0.25) is 0 Å². The van der Waals surface area contributed by atoms with Gasteiger partial charge in [0.15, 0.2) is 0 Å². The van der Waals surface area contributed by atoms with Gasteiger partial charge in [-0.25, -0.2) is 4.79 Å². The summed E-state index contributed by atoms with van der Waals surface area (Å²) in [5.41, 5.74) is 0.284. The summed E-state index contributed by atoms with van der Waals surface area (Å²) in [5.74, 6) is -1.57. The maximum Gasteiger partial charge on any atom is 0.337 e. The summed E-state index contributed by atoms with van der Waals surface area (Å²) < 4.78 is 4.87. The SMILES string of the molecule is CCO/C=C/C(=O)Nc1ccc(Cl)c(C(=O)O)c1. The molecule has 0 radical (unpaired) electrons. The van der Waals surface area contributed by atoms with Crippen molar-refractivity contribution in [2.75, 3.05) is 11.9 Å². The van der Waals surface area contributed by atoms with E-state index in [1.54, 1.807) is 6.92 Å². The molecule has 96 valence electrons. The molecule has 2 N–H and O–H groups in total. The van der Waals surface area contributed by atoms with Crippen molar-refractivity contribution in [3.8, 4) is 0 Å². The second-order valence-electron chi connectivity index (χ2n) is 3.25. The van der Waals surface area contributed by atoms with Gasteiger partial charge < -0.3 is 15.2 Å². The summed E-state index contributed by atoms with van der Waals surface area (Å²) in [6.45, 7) is 2.26. The zero-order valence-electron chi connectivity index (χ0n) is 9.64. The number of carbonyl (C=O) groups excluding carboxylic acids is 1. The lowest BCUT2D eigenvalue weighted by molar-refractivity contribution is -0.112. The second-order valence-corrected chi connectivity index (χ2v) is 3.65. The van der Waals surface area contributed by atoms with Crippen molar-refractivity contribution >= 4 is 29.2 Å². The van der Waals surface area contributed by atoms with Crippen molar-refractivity contribution < 1.29 is 19.4 Å². The van der Waals surface area contributed by atoms with Crippen LogP contribution in [0.5, 0.6) is 0 Å². The predicted octanol–water partition coefficient (Wildman–Crippen LogP) is 2.53. The molecule has 0 saturated heterocycles. The van der Waals surface area contributed by atoms with Crippen LogP contribution in [0.3, 0.4) is 0 Å². The molecule has 0 aliphatic carbocycles. The van der Waals surface area contributed by atoms with Gasteiger partial charge in [0, 0.05) is 11.8 Å². The molecule has 18 heavy (non-hydrogen) atoms. The molecule has 0 spiro atoms. The molecular weight excluding hydrogens is 258 g/mol. The summed E-state index contributed by atoms with van der Waals surface area (Å²) in [7, 11) is 0. The van der Waals surface area contributed by atoms with E-state index in [1.165, 1.54) is 30.5 Å². The highest BCUT2D eigenvalue weighted by Crippen LogP contribution is 2.20. The number of amides is 1. The molecule has 0 aliphatic heterocycles. The molecule has 5 nitrogen and oxygen atoms in total. The van der Waals surface area contributed by atoms with E-state index >= 15 is 0 Å². The van der Waals surface area contributed by atoms with Crippen LogP contribution < -0.4 is 5.32 Å². The van der Waals surface area contributed by atoms with Crippen molar-refractivity contribution in [2.45, 2.75) is 6.92 Å². The number of hydrogen-bond acceptors (Lipinski definition) is 3. The number of hydrogen-bond donors (Lipinski definition) is 2. The van der Waals surface area contributed by atoms with Gasteiger partial charge in [-0.15, -0.1) is 0 Å². The third-order valence-corrected chi connectivity index (χ3v) is 2.28. The maximum atomic E-state index is 11.4. The first-order valence-corrected chi connectivity index (χ1v) is 5.54. The fraction of sp³-hybridized carbons (Fsp3) is 0.167. The first-order chi connectivity index (χ1) is 8.54. The Balaban J connectivity index is 2.76. The third-order valence-electron chi connectivity index (χ3n) is 1.95. The number of benzene rings is 1. The maximum absolute atomic E-state index is 11.4. The largest absolute Gasteiger partial charge is 0.501 e. The highest BCUT2D eigenvalue weighted by molar-refractivity contribution is 6.33. The second kappa shape index (κ2) is 6.66. The molecule has 0 aliphatic rings. The van der Waals surface area contributed by atoms with E-state index in [1.807, 2.05) is 0 Å². The minimum Gasteiger partial charge on any atom is -0.501 e. The number of carboxylic acid groups (broad SMARTS) is 1. The van der Waals surface area contributed by atoms with Crippen LogP contribution in [0.4, 0.5) is 5.69 Å². The summed E-state index contributed by atoms with van der Waals surface area (Å²) in [5, 5.41) is 11.5. The van der Waals surface area contributed by atoms with Crippen LogP contribution in [0.25, 0.3) is 0 Å². The number of carbonyl (C=O) groups is 2. The molecule has 1 aromatic carbocycles. The van der Waals surface area contributed by atoms with Gasteiger partial charge in [-0.2, -0.15) is 0 Å². The zero-order chi connectivity index (χ0) is 13.5. The number of ether oxygens (including phenoxy) is 1. The lowest BCUT2D eigenvalue weighted by Crippen LogP contribution is -2.09. The Labute approximate surface area is 109 Å². The van der Waals surface area contributed by atoms with E-state index in [-0.39, 0.29) is 10.6 Å². The normalized spacial score (nSPS) is 10.3. The van der Waals surface area contributed by atoms with Gasteiger partial charge in [-0.05, 0) is 25.1 Å². The quantitative estimate of drug-likeness (QED) is 0.636. The van der Waals surface area contributed by atoms with E-state index in [4.69, 9.17) is 21.4 Å². The van der Waals surface area contributed by atoms with Crippen molar-refractivity contribution in [1.82, 2.24) is 0 Å². The molecule has 1 aromatic rings. The number of carboxylic acids is 1. The minimum absolute atomic E-state index is 0.0664. The number of nitrogens with one attached hydrogen (secondary N) is 1. The van der Waals surface area contributed by atoms with E-state index in [2.05, 4.69) is 5.32 Å². The number of rotatable bonds is 5. The molecule has 0 heterocycles. The van der Waals surface area contributed by atoms with Crippen molar-refractivity contribution in [2.24, 2.45) is 0 Å². The predicted molar refractivity (Wildman–Crippen MR) is 67.8 cm³/mol. The Bertz CT molecular complexity index is 485. The van der Waals surface area contributed by atoms with Gasteiger partial charge in [0.1, 0.15) is 0 Å². The summed E-state index contributed by atoms with van der Waals surface area (Å²) >= 11 is 5.70. The highest BCUT2D eigenvalue weighted by Gasteiger charge is 2.09. The summed E-state index contributed by atoms with van der Waals surface area (Å²) in [6, 6.07) is 4.21. The van der Waals surface area contributed by atoms with Gasteiger partial charge in [0.25, 0.3) is 5.91 Å². The first-order valence-electron chi connectivity index (χ1n) is 5.16. The van der Waals surface area contributed by atoms with Gasteiger partial charge in [-0.3, -0.25) is 4.79 Å². The third kappa shape index (κ3) is 4.10. The average molecular weight is 270 g/mol. The fourth-order valence-corrected chi connectivity index (χ4v) is 1.36. The highest BCUT2D eigenvalue weighted by atomic mass is 35.5. The zero-order valence-corrected chi connectivity index (χ0v) is 10.4. The Kier molecular flexibility index (Phi) is 5.20. The average Bonchev–Trinajstić information content (AvgIpc) is 2.31. The lowest BCUT2D eigenvalue weighted by Gasteiger charge is -2.05. The monoisotopic (exact) mass is 269 g/mol. The van der Waals surface area contributed by atoms with Gasteiger partial charge in [0.05, 0.1) is 23.5 Å². The van der Waals surface area contributed by atoms with Crippen molar-refractivity contribution in [1.29, 1.82) is 0 Å².